The average Bonchev–Trinajstić information content (AvgIpc) is 2.65. The van der Waals surface area contributed by atoms with Crippen LogP contribution in [0.1, 0.15) is 11.1 Å². The van der Waals surface area contributed by atoms with Gasteiger partial charge in [-0.1, -0.05) is 60.7 Å². The maximum atomic E-state index is 13.2. The molecule has 1 saturated heterocycles. The van der Waals surface area contributed by atoms with Crippen LogP contribution in [0.2, 0.25) is 0 Å². The Morgan fingerprint density at radius 1 is 1.00 bits per heavy atom. The predicted octanol–water partition coefficient (Wildman–Crippen LogP) is 3.56. The standard InChI is InChI=1S/C20H20F3NO3/c21-20(22,23)18-12-24(11-15-7-3-1-4-8-15)19(25)17(27-18)14-26-13-16-9-5-2-6-10-16/h1-10,17-18H,11-14H2/t17-,18-/m0/s1. The van der Waals surface area contributed by atoms with Crippen LogP contribution in [0.4, 0.5) is 13.2 Å². The molecule has 0 N–H and O–H groups in total. The maximum Gasteiger partial charge on any atom is 0.416 e. The van der Waals surface area contributed by atoms with Crippen LogP contribution in [0.5, 0.6) is 0 Å². The van der Waals surface area contributed by atoms with Crippen molar-refractivity contribution in [2.75, 3.05) is 13.2 Å². The number of alkyl halides is 3. The quantitative estimate of drug-likeness (QED) is 0.770. The van der Waals surface area contributed by atoms with E-state index in [-0.39, 0.29) is 19.8 Å². The first-order valence-corrected chi connectivity index (χ1v) is 8.60. The summed E-state index contributed by atoms with van der Waals surface area (Å²) in [6, 6.07) is 18.1. The molecule has 1 aliphatic rings. The molecule has 7 heteroatoms. The van der Waals surface area contributed by atoms with Crippen molar-refractivity contribution in [1.82, 2.24) is 4.90 Å². The van der Waals surface area contributed by atoms with Gasteiger partial charge in [0, 0.05) is 6.54 Å². The second-order valence-electron chi connectivity index (χ2n) is 6.36. The van der Waals surface area contributed by atoms with Gasteiger partial charge in [-0.2, -0.15) is 13.2 Å². The lowest BCUT2D eigenvalue weighted by Gasteiger charge is -2.38. The first-order valence-electron chi connectivity index (χ1n) is 8.60. The SMILES string of the molecule is O=C1[C@H](COCc2ccccc2)O[C@H](C(F)(F)F)CN1Cc1ccccc1. The van der Waals surface area contributed by atoms with Gasteiger partial charge in [-0.15, -0.1) is 0 Å². The van der Waals surface area contributed by atoms with Gasteiger partial charge >= 0.3 is 6.18 Å². The number of hydrogen-bond donors (Lipinski definition) is 0. The van der Waals surface area contributed by atoms with E-state index in [4.69, 9.17) is 9.47 Å². The Bertz CT molecular complexity index is 737. The molecule has 0 bridgehead atoms. The molecule has 0 saturated carbocycles. The van der Waals surface area contributed by atoms with Gasteiger partial charge in [-0.05, 0) is 11.1 Å². The van der Waals surface area contributed by atoms with E-state index in [0.717, 1.165) is 11.1 Å². The van der Waals surface area contributed by atoms with Gasteiger partial charge in [0.2, 0.25) is 0 Å². The van der Waals surface area contributed by atoms with E-state index in [9.17, 15) is 18.0 Å². The Labute approximate surface area is 155 Å². The highest BCUT2D eigenvalue weighted by Crippen LogP contribution is 2.29. The van der Waals surface area contributed by atoms with Crippen LogP contribution in [0, 0.1) is 0 Å². The number of morpholine rings is 1. The van der Waals surface area contributed by atoms with E-state index in [1.54, 1.807) is 24.3 Å². The molecule has 144 valence electrons. The third-order valence-electron chi connectivity index (χ3n) is 4.26. The van der Waals surface area contributed by atoms with Gasteiger partial charge < -0.3 is 14.4 Å². The maximum absolute atomic E-state index is 13.2. The molecule has 2 aromatic rings. The van der Waals surface area contributed by atoms with Crippen LogP contribution in [-0.4, -0.2) is 42.3 Å². The molecule has 0 unspecified atom stereocenters. The van der Waals surface area contributed by atoms with E-state index in [1.807, 2.05) is 36.4 Å². The molecular formula is C20H20F3NO3. The topological polar surface area (TPSA) is 38.8 Å². The van der Waals surface area contributed by atoms with Crippen molar-refractivity contribution in [2.24, 2.45) is 0 Å². The molecule has 3 rings (SSSR count). The number of carbonyl (C=O) groups excluding carboxylic acids is 1. The lowest BCUT2D eigenvalue weighted by Crippen LogP contribution is -2.57. The highest BCUT2D eigenvalue weighted by Gasteiger charge is 2.48. The molecule has 1 aliphatic heterocycles. The van der Waals surface area contributed by atoms with E-state index in [1.165, 1.54) is 4.90 Å². The fourth-order valence-corrected chi connectivity index (χ4v) is 2.89. The van der Waals surface area contributed by atoms with Gasteiger partial charge in [0.05, 0.1) is 19.8 Å². The smallest absolute Gasteiger partial charge is 0.374 e. The third-order valence-corrected chi connectivity index (χ3v) is 4.26. The highest BCUT2D eigenvalue weighted by atomic mass is 19.4. The second kappa shape index (κ2) is 8.54. The number of ether oxygens (including phenoxy) is 2. The summed E-state index contributed by atoms with van der Waals surface area (Å²) < 4.78 is 50.2. The van der Waals surface area contributed by atoms with Crippen LogP contribution >= 0.6 is 0 Å². The van der Waals surface area contributed by atoms with Crippen molar-refractivity contribution in [3.63, 3.8) is 0 Å². The van der Waals surface area contributed by atoms with E-state index >= 15 is 0 Å². The number of amides is 1. The Hall–Kier alpha value is -2.38. The number of nitrogens with zero attached hydrogens (tertiary/aromatic N) is 1. The van der Waals surface area contributed by atoms with Gasteiger partial charge in [0.1, 0.15) is 0 Å². The second-order valence-corrected chi connectivity index (χ2v) is 6.36. The molecule has 0 aromatic heterocycles. The fourth-order valence-electron chi connectivity index (χ4n) is 2.89. The van der Waals surface area contributed by atoms with Gasteiger partial charge in [-0.3, -0.25) is 4.79 Å². The zero-order chi connectivity index (χ0) is 19.3. The molecule has 1 amide bonds. The average molecular weight is 379 g/mol. The number of benzene rings is 2. The Kier molecular flexibility index (Phi) is 6.13. The van der Waals surface area contributed by atoms with E-state index in [0.29, 0.717) is 0 Å². The van der Waals surface area contributed by atoms with Crippen molar-refractivity contribution in [3.05, 3.63) is 71.8 Å². The lowest BCUT2D eigenvalue weighted by molar-refractivity contribution is -0.254. The first-order chi connectivity index (χ1) is 12.9. The summed E-state index contributed by atoms with van der Waals surface area (Å²) >= 11 is 0. The zero-order valence-corrected chi connectivity index (χ0v) is 14.6. The Morgan fingerprint density at radius 3 is 2.19 bits per heavy atom. The lowest BCUT2D eigenvalue weighted by atomic mass is 10.1. The van der Waals surface area contributed by atoms with Gasteiger partial charge in [-0.25, -0.2) is 0 Å². The van der Waals surface area contributed by atoms with E-state index in [2.05, 4.69) is 0 Å². The third kappa shape index (κ3) is 5.30. The van der Waals surface area contributed by atoms with Crippen LogP contribution in [-0.2, 0) is 27.4 Å². The summed E-state index contributed by atoms with van der Waals surface area (Å²) in [5.74, 6) is -0.493. The molecule has 2 aromatic carbocycles. The van der Waals surface area contributed by atoms with Crippen LogP contribution in [0.15, 0.2) is 60.7 Å². The molecule has 4 nitrogen and oxygen atoms in total. The summed E-state index contributed by atoms with van der Waals surface area (Å²) in [6.07, 6.45) is -7.85. The summed E-state index contributed by atoms with van der Waals surface area (Å²) in [7, 11) is 0. The largest absolute Gasteiger partial charge is 0.416 e. The fraction of sp³-hybridized carbons (Fsp3) is 0.350. The minimum atomic E-state index is -4.55. The molecule has 1 heterocycles. The molecule has 0 aliphatic carbocycles. The summed E-state index contributed by atoms with van der Waals surface area (Å²) in [4.78, 5) is 13.8. The minimum Gasteiger partial charge on any atom is -0.374 e. The molecule has 1 fully saturated rings. The Morgan fingerprint density at radius 2 is 1.59 bits per heavy atom. The monoisotopic (exact) mass is 379 g/mol. The van der Waals surface area contributed by atoms with Gasteiger partial charge in [0.25, 0.3) is 5.91 Å². The molecule has 0 radical (unpaired) electrons. The molecule has 2 atom stereocenters. The van der Waals surface area contributed by atoms with Crippen LogP contribution in [0.3, 0.4) is 0 Å². The normalized spacial score (nSPS) is 20.7. The van der Waals surface area contributed by atoms with E-state index < -0.39 is 30.8 Å². The number of halogens is 3. The number of carbonyl (C=O) groups is 1. The number of rotatable bonds is 6. The first kappa shape index (κ1) is 19.4. The number of hydrogen-bond acceptors (Lipinski definition) is 3. The molecular weight excluding hydrogens is 359 g/mol. The summed E-state index contributed by atoms with van der Waals surface area (Å²) in [5, 5.41) is 0. The summed E-state index contributed by atoms with van der Waals surface area (Å²) in [6.45, 7) is -0.452. The van der Waals surface area contributed by atoms with Crippen molar-refractivity contribution in [2.45, 2.75) is 31.5 Å². The minimum absolute atomic E-state index is 0.102. The van der Waals surface area contributed by atoms with Crippen molar-refractivity contribution in [3.8, 4) is 0 Å². The van der Waals surface area contributed by atoms with Crippen molar-refractivity contribution in [1.29, 1.82) is 0 Å². The Balaban J connectivity index is 1.66. The zero-order valence-electron chi connectivity index (χ0n) is 14.6. The predicted molar refractivity (Wildman–Crippen MR) is 92.7 cm³/mol. The summed E-state index contributed by atoms with van der Waals surface area (Å²) in [5.41, 5.74) is 1.63. The van der Waals surface area contributed by atoms with Crippen molar-refractivity contribution >= 4 is 5.91 Å². The highest BCUT2D eigenvalue weighted by molar-refractivity contribution is 5.81. The van der Waals surface area contributed by atoms with Gasteiger partial charge in [0.15, 0.2) is 12.2 Å². The van der Waals surface area contributed by atoms with Crippen LogP contribution < -0.4 is 0 Å². The molecule has 0 spiro atoms. The van der Waals surface area contributed by atoms with Crippen LogP contribution in [0.25, 0.3) is 0 Å². The van der Waals surface area contributed by atoms with Crippen molar-refractivity contribution < 1.29 is 27.4 Å². The molecule has 27 heavy (non-hydrogen) atoms.